The molecular formula is C10H19N. The van der Waals surface area contributed by atoms with Crippen LogP contribution in [0.1, 0.15) is 27.2 Å². The zero-order chi connectivity index (χ0) is 8.85. The largest absolute Gasteiger partial charge is 0.302 e. The fourth-order valence-electron chi connectivity index (χ4n) is 1.08. The first-order valence-electron chi connectivity index (χ1n) is 4.21. The van der Waals surface area contributed by atoms with Crippen LogP contribution in [0.15, 0.2) is 0 Å². The maximum Gasteiger partial charge on any atom is 0.0240 e. The topological polar surface area (TPSA) is 3.24 Å². The minimum absolute atomic E-state index is 0.516. The Morgan fingerprint density at radius 2 is 1.91 bits per heavy atom. The molecule has 0 rings (SSSR count). The highest BCUT2D eigenvalue weighted by atomic mass is 15.1. The molecule has 0 aliphatic heterocycles. The predicted octanol–water partition coefficient (Wildman–Crippen LogP) is 1.99. The minimum atomic E-state index is 0.516. The van der Waals surface area contributed by atoms with E-state index in [-0.39, 0.29) is 0 Å². The molecule has 0 saturated heterocycles. The van der Waals surface area contributed by atoms with Crippen LogP contribution in [-0.4, -0.2) is 24.5 Å². The van der Waals surface area contributed by atoms with Crippen molar-refractivity contribution in [1.82, 2.24) is 4.90 Å². The third kappa shape index (κ3) is 4.86. The highest BCUT2D eigenvalue weighted by Gasteiger charge is 2.08. The molecule has 0 saturated carbocycles. The molecule has 0 aliphatic carbocycles. The molecule has 1 atom stereocenters. The van der Waals surface area contributed by atoms with Crippen molar-refractivity contribution in [2.45, 2.75) is 33.2 Å². The van der Waals surface area contributed by atoms with Crippen LogP contribution >= 0.6 is 0 Å². The molecule has 0 N–H and O–H groups in total. The van der Waals surface area contributed by atoms with Crippen molar-refractivity contribution in [2.75, 3.05) is 13.6 Å². The van der Waals surface area contributed by atoms with E-state index in [1.165, 1.54) is 0 Å². The molecule has 0 aliphatic rings. The van der Waals surface area contributed by atoms with E-state index >= 15 is 0 Å². The van der Waals surface area contributed by atoms with Gasteiger partial charge in [0.1, 0.15) is 0 Å². The average molecular weight is 153 g/mol. The molecule has 0 fully saturated rings. The number of rotatable bonds is 4. The zero-order valence-electron chi connectivity index (χ0n) is 8.09. The summed E-state index contributed by atoms with van der Waals surface area (Å²) in [7, 11) is 2.13. The molecule has 0 heterocycles. The summed E-state index contributed by atoms with van der Waals surface area (Å²) in [6.07, 6.45) is 6.07. The second kappa shape index (κ2) is 5.21. The van der Waals surface area contributed by atoms with Gasteiger partial charge in [0.2, 0.25) is 0 Å². The Labute approximate surface area is 70.8 Å². The maximum atomic E-state index is 5.22. The summed E-state index contributed by atoms with van der Waals surface area (Å²) in [5, 5.41) is 0. The third-order valence-electron chi connectivity index (χ3n) is 1.82. The molecule has 0 aromatic heterocycles. The molecule has 1 heteroatoms. The number of hydrogen-bond donors (Lipinski definition) is 0. The number of terminal acetylenes is 1. The van der Waals surface area contributed by atoms with Gasteiger partial charge in [0.15, 0.2) is 0 Å². The Morgan fingerprint density at radius 1 is 1.36 bits per heavy atom. The Balaban J connectivity index is 3.65. The number of hydrogen-bond acceptors (Lipinski definition) is 1. The Kier molecular flexibility index (Phi) is 4.98. The van der Waals surface area contributed by atoms with Gasteiger partial charge in [-0.05, 0) is 19.9 Å². The van der Waals surface area contributed by atoms with Crippen molar-refractivity contribution >= 4 is 0 Å². The van der Waals surface area contributed by atoms with Gasteiger partial charge in [-0.1, -0.05) is 13.8 Å². The molecular weight excluding hydrogens is 134 g/mol. The quantitative estimate of drug-likeness (QED) is 0.558. The Hall–Kier alpha value is -0.480. The molecule has 11 heavy (non-hydrogen) atoms. The van der Waals surface area contributed by atoms with Crippen LogP contribution in [-0.2, 0) is 0 Å². The smallest absolute Gasteiger partial charge is 0.0240 e. The van der Waals surface area contributed by atoms with Gasteiger partial charge in [0, 0.05) is 19.0 Å². The summed E-state index contributed by atoms with van der Waals surface area (Å²) >= 11 is 0. The summed E-state index contributed by atoms with van der Waals surface area (Å²) in [5.74, 6) is 3.40. The lowest BCUT2D eigenvalue weighted by molar-refractivity contribution is 0.233. The van der Waals surface area contributed by atoms with Crippen molar-refractivity contribution < 1.29 is 0 Å². The van der Waals surface area contributed by atoms with Gasteiger partial charge < -0.3 is 4.90 Å². The zero-order valence-corrected chi connectivity index (χ0v) is 8.09. The van der Waals surface area contributed by atoms with E-state index in [1.807, 2.05) is 0 Å². The third-order valence-corrected chi connectivity index (χ3v) is 1.82. The van der Waals surface area contributed by atoms with Crippen molar-refractivity contribution in [3.8, 4) is 12.3 Å². The lowest BCUT2D eigenvalue weighted by atomic mass is 10.1. The summed E-state index contributed by atoms with van der Waals surface area (Å²) in [6, 6.07) is 0.516. The SMILES string of the molecule is C#CCC(C)N(C)CC(C)C. The molecule has 0 radical (unpaired) electrons. The highest BCUT2D eigenvalue weighted by molar-refractivity contribution is 4.88. The van der Waals surface area contributed by atoms with E-state index < -0.39 is 0 Å². The molecule has 0 spiro atoms. The van der Waals surface area contributed by atoms with Crippen LogP contribution in [0.4, 0.5) is 0 Å². The highest BCUT2D eigenvalue weighted by Crippen LogP contribution is 2.03. The van der Waals surface area contributed by atoms with Gasteiger partial charge in [0.05, 0.1) is 0 Å². The van der Waals surface area contributed by atoms with E-state index in [0.29, 0.717) is 6.04 Å². The van der Waals surface area contributed by atoms with E-state index in [9.17, 15) is 0 Å². The van der Waals surface area contributed by atoms with Crippen molar-refractivity contribution in [3.63, 3.8) is 0 Å². The first-order chi connectivity index (χ1) is 5.07. The molecule has 0 bridgehead atoms. The second-order valence-electron chi connectivity index (χ2n) is 3.59. The molecule has 0 amide bonds. The summed E-state index contributed by atoms with van der Waals surface area (Å²) in [5.41, 5.74) is 0. The second-order valence-corrected chi connectivity index (χ2v) is 3.59. The predicted molar refractivity (Wildman–Crippen MR) is 50.4 cm³/mol. The van der Waals surface area contributed by atoms with Crippen LogP contribution in [0.3, 0.4) is 0 Å². The van der Waals surface area contributed by atoms with E-state index in [2.05, 4.69) is 38.6 Å². The maximum absolute atomic E-state index is 5.22. The van der Waals surface area contributed by atoms with Gasteiger partial charge in [0.25, 0.3) is 0 Å². The molecule has 1 unspecified atom stereocenters. The first-order valence-corrected chi connectivity index (χ1v) is 4.21. The van der Waals surface area contributed by atoms with Gasteiger partial charge in [-0.25, -0.2) is 0 Å². The summed E-state index contributed by atoms with van der Waals surface area (Å²) < 4.78 is 0. The number of nitrogens with zero attached hydrogens (tertiary/aromatic N) is 1. The van der Waals surface area contributed by atoms with Gasteiger partial charge >= 0.3 is 0 Å². The van der Waals surface area contributed by atoms with Crippen molar-refractivity contribution in [3.05, 3.63) is 0 Å². The van der Waals surface area contributed by atoms with E-state index in [1.54, 1.807) is 0 Å². The summed E-state index contributed by atoms with van der Waals surface area (Å²) in [6.45, 7) is 7.74. The lowest BCUT2D eigenvalue weighted by Gasteiger charge is -2.24. The van der Waals surface area contributed by atoms with Crippen LogP contribution in [0, 0.1) is 18.3 Å². The van der Waals surface area contributed by atoms with Gasteiger partial charge in [-0.2, -0.15) is 0 Å². The monoisotopic (exact) mass is 153 g/mol. The molecule has 0 aromatic rings. The fraction of sp³-hybridized carbons (Fsp3) is 0.800. The average Bonchev–Trinajstić information content (AvgIpc) is 1.86. The van der Waals surface area contributed by atoms with Gasteiger partial charge in [-0.15, -0.1) is 12.3 Å². The van der Waals surface area contributed by atoms with Crippen molar-refractivity contribution in [2.24, 2.45) is 5.92 Å². The summed E-state index contributed by atoms with van der Waals surface area (Å²) in [4.78, 5) is 2.31. The van der Waals surface area contributed by atoms with Crippen LogP contribution < -0.4 is 0 Å². The van der Waals surface area contributed by atoms with E-state index in [0.717, 1.165) is 18.9 Å². The van der Waals surface area contributed by atoms with Crippen LogP contribution in [0.25, 0.3) is 0 Å². The Bertz CT molecular complexity index is 132. The van der Waals surface area contributed by atoms with Crippen LogP contribution in [0.2, 0.25) is 0 Å². The molecule has 0 aromatic carbocycles. The minimum Gasteiger partial charge on any atom is -0.302 e. The molecule has 64 valence electrons. The van der Waals surface area contributed by atoms with Gasteiger partial charge in [-0.3, -0.25) is 0 Å². The normalized spacial score (nSPS) is 13.5. The Morgan fingerprint density at radius 3 is 2.27 bits per heavy atom. The fourth-order valence-corrected chi connectivity index (χ4v) is 1.08. The molecule has 1 nitrogen and oxygen atoms in total. The standard InChI is InChI=1S/C10H19N/c1-6-7-10(4)11(5)8-9(2)3/h1,9-10H,7-8H2,2-5H3. The first kappa shape index (κ1) is 10.5. The lowest BCUT2D eigenvalue weighted by Crippen LogP contribution is -2.31. The van der Waals surface area contributed by atoms with E-state index in [4.69, 9.17) is 6.42 Å². The van der Waals surface area contributed by atoms with Crippen molar-refractivity contribution in [1.29, 1.82) is 0 Å². The van der Waals surface area contributed by atoms with Crippen LogP contribution in [0.5, 0.6) is 0 Å².